The first-order valence-electron chi connectivity index (χ1n) is 4.69. The van der Waals surface area contributed by atoms with E-state index in [1.165, 1.54) is 0 Å². The molecular formula is C11H10N2O2S. The summed E-state index contributed by atoms with van der Waals surface area (Å²) < 4.78 is 0. The summed E-state index contributed by atoms with van der Waals surface area (Å²) in [7, 11) is 0. The topological polar surface area (TPSA) is 63.1 Å². The van der Waals surface area contributed by atoms with Crippen molar-refractivity contribution >= 4 is 17.3 Å². The Hall–Kier alpha value is -1.75. The molecule has 0 radical (unpaired) electrons. The fourth-order valence-electron chi connectivity index (χ4n) is 1.38. The molecular weight excluding hydrogens is 224 g/mol. The highest BCUT2D eigenvalue weighted by Crippen LogP contribution is 2.24. The Balaban J connectivity index is 2.56. The molecule has 2 aromatic rings. The van der Waals surface area contributed by atoms with Crippen LogP contribution in [0.5, 0.6) is 0 Å². The third-order valence-corrected chi connectivity index (χ3v) is 3.13. The first-order chi connectivity index (χ1) is 7.59. The first-order valence-corrected chi connectivity index (χ1v) is 5.64. The van der Waals surface area contributed by atoms with Gasteiger partial charge < -0.3 is 5.11 Å². The van der Waals surface area contributed by atoms with Crippen LogP contribution < -0.4 is 0 Å². The molecule has 0 aromatic carbocycles. The Morgan fingerprint density at radius 2 is 2.06 bits per heavy atom. The number of thiophene rings is 1. The first kappa shape index (κ1) is 10.8. The Kier molecular flexibility index (Phi) is 2.70. The van der Waals surface area contributed by atoms with E-state index >= 15 is 0 Å². The maximum Gasteiger partial charge on any atom is 0.354 e. The quantitative estimate of drug-likeness (QED) is 0.867. The number of carboxylic acids is 1. The number of aromatic carboxylic acids is 1. The summed E-state index contributed by atoms with van der Waals surface area (Å²) in [5.74, 6) is -0.546. The van der Waals surface area contributed by atoms with Gasteiger partial charge in [-0.05, 0) is 24.8 Å². The second-order valence-electron chi connectivity index (χ2n) is 3.50. The predicted molar refractivity (Wildman–Crippen MR) is 61.8 cm³/mol. The average Bonchev–Trinajstić information content (AvgIpc) is 2.65. The Morgan fingerprint density at radius 1 is 1.31 bits per heavy atom. The van der Waals surface area contributed by atoms with Crippen LogP contribution in [0.2, 0.25) is 0 Å². The van der Waals surface area contributed by atoms with Gasteiger partial charge in [-0.15, -0.1) is 0 Å². The second kappa shape index (κ2) is 4.02. The van der Waals surface area contributed by atoms with Crippen molar-refractivity contribution in [3.63, 3.8) is 0 Å². The molecule has 2 aromatic heterocycles. The van der Waals surface area contributed by atoms with Gasteiger partial charge in [-0.25, -0.2) is 14.8 Å². The molecule has 82 valence electrons. The van der Waals surface area contributed by atoms with Crippen molar-refractivity contribution in [1.29, 1.82) is 0 Å². The van der Waals surface area contributed by atoms with E-state index < -0.39 is 5.97 Å². The monoisotopic (exact) mass is 234 g/mol. The molecule has 0 unspecified atom stereocenters. The van der Waals surface area contributed by atoms with E-state index in [4.69, 9.17) is 5.11 Å². The molecule has 4 nitrogen and oxygen atoms in total. The summed E-state index contributed by atoms with van der Waals surface area (Å²) in [6.45, 7) is 3.64. The molecule has 0 fully saturated rings. The van der Waals surface area contributed by atoms with E-state index in [9.17, 15) is 4.79 Å². The Labute approximate surface area is 96.6 Å². The van der Waals surface area contributed by atoms with Crippen molar-refractivity contribution in [3.8, 4) is 11.4 Å². The maximum absolute atomic E-state index is 10.9. The lowest BCUT2D eigenvalue weighted by atomic mass is 10.2. The van der Waals surface area contributed by atoms with E-state index in [1.54, 1.807) is 24.5 Å². The van der Waals surface area contributed by atoms with Gasteiger partial charge in [0, 0.05) is 22.7 Å². The number of carbonyl (C=O) groups is 1. The van der Waals surface area contributed by atoms with Gasteiger partial charge in [0.25, 0.3) is 0 Å². The van der Waals surface area contributed by atoms with Crippen molar-refractivity contribution in [1.82, 2.24) is 9.97 Å². The summed E-state index contributed by atoms with van der Waals surface area (Å²) in [6.07, 6.45) is 1.54. The summed E-state index contributed by atoms with van der Waals surface area (Å²) in [6, 6.07) is 0. The van der Waals surface area contributed by atoms with Gasteiger partial charge in [-0.1, -0.05) is 0 Å². The molecule has 0 amide bonds. The van der Waals surface area contributed by atoms with Crippen molar-refractivity contribution < 1.29 is 9.90 Å². The number of rotatable bonds is 2. The van der Waals surface area contributed by atoms with E-state index in [0.29, 0.717) is 11.4 Å². The molecule has 0 atom stereocenters. The van der Waals surface area contributed by atoms with Gasteiger partial charge in [0.2, 0.25) is 0 Å². The molecule has 0 saturated carbocycles. The van der Waals surface area contributed by atoms with Gasteiger partial charge in [-0.2, -0.15) is 11.3 Å². The smallest absolute Gasteiger partial charge is 0.354 e. The largest absolute Gasteiger partial charge is 0.477 e. The minimum absolute atomic E-state index is 0.0654. The van der Waals surface area contributed by atoms with Gasteiger partial charge >= 0.3 is 5.97 Å². The van der Waals surface area contributed by atoms with Crippen molar-refractivity contribution in [2.45, 2.75) is 13.8 Å². The maximum atomic E-state index is 10.9. The molecule has 0 bridgehead atoms. The summed E-state index contributed by atoms with van der Waals surface area (Å²) in [5, 5.41) is 12.9. The lowest BCUT2D eigenvalue weighted by Crippen LogP contribution is -2.05. The minimum atomic E-state index is -1.02. The minimum Gasteiger partial charge on any atom is -0.477 e. The zero-order chi connectivity index (χ0) is 11.7. The fourth-order valence-corrected chi connectivity index (χ4v) is 2.20. The Bertz CT molecular complexity index is 549. The van der Waals surface area contributed by atoms with Crippen molar-refractivity contribution in [3.05, 3.63) is 33.8 Å². The van der Waals surface area contributed by atoms with E-state index in [2.05, 4.69) is 9.97 Å². The lowest BCUT2D eigenvalue weighted by molar-refractivity contribution is 0.0689. The second-order valence-corrected chi connectivity index (χ2v) is 4.24. The molecule has 16 heavy (non-hydrogen) atoms. The number of aromatic nitrogens is 2. The third kappa shape index (κ3) is 1.81. The van der Waals surface area contributed by atoms with E-state index in [1.807, 2.05) is 17.7 Å². The van der Waals surface area contributed by atoms with Crippen LogP contribution >= 0.6 is 11.3 Å². The normalized spacial score (nSPS) is 10.4. The highest BCUT2D eigenvalue weighted by molar-refractivity contribution is 7.08. The standard InChI is InChI=1S/C11H10N2O2S/c1-6-3-12-10(13-9(6)11(14)15)8-5-16-4-7(8)2/h3-5H,1-2H3,(H,14,15). The van der Waals surface area contributed by atoms with Crippen LogP contribution in [0.4, 0.5) is 0 Å². The molecule has 0 spiro atoms. The highest BCUT2D eigenvalue weighted by atomic mass is 32.1. The van der Waals surface area contributed by atoms with Gasteiger partial charge in [0.05, 0.1) is 0 Å². The van der Waals surface area contributed by atoms with Crippen molar-refractivity contribution in [2.75, 3.05) is 0 Å². The SMILES string of the molecule is Cc1cscc1-c1ncc(C)c(C(=O)O)n1. The molecule has 0 aliphatic carbocycles. The van der Waals surface area contributed by atoms with Crippen LogP contribution in [0.1, 0.15) is 21.6 Å². The van der Waals surface area contributed by atoms with Gasteiger partial charge in [-0.3, -0.25) is 0 Å². The predicted octanol–water partition coefficient (Wildman–Crippen LogP) is 2.52. The number of nitrogens with zero attached hydrogens (tertiary/aromatic N) is 2. The van der Waals surface area contributed by atoms with Gasteiger partial charge in [0.15, 0.2) is 11.5 Å². The van der Waals surface area contributed by atoms with Crippen LogP contribution in [0, 0.1) is 13.8 Å². The van der Waals surface area contributed by atoms with E-state index in [-0.39, 0.29) is 5.69 Å². The molecule has 0 aliphatic rings. The molecule has 0 aliphatic heterocycles. The molecule has 5 heteroatoms. The third-order valence-electron chi connectivity index (χ3n) is 2.27. The van der Waals surface area contributed by atoms with E-state index in [0.717, 1.165) is 11.1 Å². The molecule has 2 rings (SSSR count). The van der Waals surface area contributed by atoms with Crippen LogP contribution in [-0.4, -0.2) is 21.0 Å². The van der Waals surface area contributed by atoms with Crippen molar-refractivity contribution in [2.24, 2.45) is 0 Å². The number of hydrogen-bond donors (Lipinski definition) is 1. The highest BCUT2D eigenvalue weighted by Gasteiger charge is 2.13. The number of aryl methyl sites for hydroxylation is 2. The summed E-state index contributed by atoms with van der Waals surface area (Å²) in [4.78, 5) is 19.2. The van der Waals surface area contributed by atoms with Crippen LogP contribution in [0.25, 0.3) is 11.4 Å². The summed E-state index contributed by atoms with van der Waals surface area (Å²) in [5.41, 5.74) is 2.59. The molecule has 0 saturated heterocycles. The fraction of sp³-hybridized carbons (Fsp3) is 0.182. The number of carboxylic acid groups (broad SMARTS) is 1. The van der Waals surface area contributed by atoms with Crippen LogP contribution in [0.3, 0.4) is 0 Å². The number of hydrogen-bond acceptors (Lipinski definition) is 4. The lowest BCUT2D eigenvalue weighted by Gasteiger charge is -2.03. The zero-order valence-corrected chi connectivity index (χ0v) is 9.71. The zero-order valence-electron chi connectivity index (χ0n) is 8.89. The molecule has 2 heterocycles. The average molecular weight is 234 g/mol. The Morgan fingerprint density at radius 3 is 2.62 bits per heavy atom. The molecule has 1 N–H and O–H groups in total. The van der Waals surface area contributed by atoms with Crippen LogP contribution in [0.15, 0.2) is 17.0 Å². The summed E-state index contributed by atoms with van der Waals surface area (Å²) >= 11 is 1.55. The van der Waals surface area contributed by atoms with Gasteiger partial charge in [0.1, 0.15) is 0 Å². The van der Waals surface area contributed by atoms with Crippen LogP contribution in [-0.2, 0) is 0 Å².